The van der Waals surface area contributed by atoms with E-state index in [4.69, 9.17) is 18.6 Å². The Morgan fingerprint density at radius 3 is 2.87 bits per heavy atom. The molecule has 0 radical (unpaired) electrons. The lowest BCUT2D eigenvalue weighted by atomic mass is 9.90. The van der Waals surface area contributed by atoms with Crippen LogP contribution in [0.1, 0.15) is 49.7 Å². The number of esters is 2. The van der Waals surface area contributed by atoms with Crippen LogP contribution in [0.25, 0.3) is 6.08 Å². The first-order chi connectivity index (χ1) is 10.9. The number of carbonyl (C=O) groups excluding carboxylic acids is 2. The van der Waals surface area contributed by atoms with Crippen LogP contribution in [0, 0.1) is 6.92 Å². The monoisotopic (exact) mass is 318 g/mol. The van der Waals surface area contributed by atoms with Crippen molar-refractivity contribution in [3.8, 4) is 0 Å². The molecular formula is C17H18O6. The minimum atomic E-state index is -0.887. The number of ether oxygens (including phenoxy) is 3. The van der Waals surface area contributed by atoms with Crippen LogP contribution in [-0.2, 0) is 23.8 Å². The molecule has 2 fully saturated rings. The molecule has 0 N–H and O–H groups in total. The fraction of sp³-hybridized carbons (Fsp3) is 0.529. The van der Waals surface area contributed by atoms with Crippen LogP contribution in [0.5, 0.6) is 0 Å². The number of furan rings is 1. The number of carbonyl (C=O) groups is 2. The zero-order valence-corrected chi connectivity index (χ0v) is 13.3. The predicted octanol–water partition coefficient (Wildman–Crippen LogP) is 2.45. The van der Waals surface area contributed by atoms with E-state index in [2.05, 4.69) is 0 Å². The zero-order chi connectivity index (χ0) is 16.4. The summed E-state index contributed by atoms with van der Waals surface area (Å²) < 4.78 is 22.3. The Balaban J connectivity index is 1.81. The molecule has 4 rings (SSSR count). The average molecular weight is 318 g/mol. The molecule has 2 aliphatic heterocycles. The van der Waals surface area contributed by atoms with Crippen molar-refractivity contribution >= 4 is 18.0 Å². The molecule has 0 saturated carbocycles. The van der Waals surface area contributed by atoms with Crippen molar-refractivity contribution in [3.05, 3.63) is 28.7 Å². The third-order valence-corrected chi connectivity index (χ3v) is 4.88. The second-order valence-corrected chi connectivity index (χ2v) is 6.48. The van der Waals surface area contributed by atoms with E-state index in [1.165, 1.54) is 6.92 Å². The highest BCUT2D eigenvalue weighted by molar-refractivity contribution is 5.87. The van der Waals surface area contributed by atoms with Gasteiger partial charge >= 0.3 is 11.9 Å². The van der Waals surface area contributed by atoms with Crippen molar-refractivity contribution in [2.24, 2.45) is 0 Å². The number of epoxide rings is 1. The van der Waals surface area contributed by atoms with Gasteiger partial charge in [0.05, 0.1) is 6.26 Å². The lowest BCUT2D eigenvalue weighted by molar-refractivity contribution is -0.154. The molecule has 1 aromatic rings. The Hall–Kier alpha value is -2.08. The maximum absolute atomic E-state index is 12.3. The summed E-state index contributed by atoms with van der Waals surface area (Å²) in [5.74, 6) is -0.0587. The third kappa shape index (κ3) is 2.05. The standard InChI is InChI=1S/C17H18O6/c1-8-6-12-13(9(2)7-20-12)14-15-17(23-15,16(19)22-14)5-4-11(8)21-10(3)18/h6-7,11,14-15H,4-5H2,1-3H3/b8-6+/t11-,14+,15+,17+/m1/s1. The lowest BCUT2D eigenvalue weighted by Gasteiger charge is -2.19. The molecule has 2 saturated heterocycles. The molecule has 6 nitrogen and oxygen atoms in total. The second kappa shape index (κ2) is 4.71. The van der Waals surface area contributed by atoms with Crippen molar-refractivity contribution in [2.75, 3.05) is 0 Å². The van der Waals surface area contributed by atoms with Gasteiger partial charge in [-0.15, -0.1) is 0 Å². The quantitative estimate of drug-likeness (QED) is 0.584. The van der Waals surface area contributed by atoms with Gasteiger partial charge in [-0.3, -0.25) is 4.79 Å². The van der Waals surface area contributed by atoms with Crippen molar-refractivity contribution < 1.29 is 28.2 Å². The van der Waals surface area contributed by atoms with E-state index in [1.807, 2.05) is 19.9 Å². The largest absolute Gasteiger partial charge is 0.464 e. The summed E-state index contributed by atoms with van der Waals surface area (Å²) in [5.41, 5.74) is 1.74. The Morgan fingerprint density at radius 2 is 2.17 bits per heavy atom. The van der Waals surface area contributed by atoms with E-state index in [-0.39, 0.29) is 18.0 Å². The molecule has 2 bridgehead atoms. The second-order valence-electron chi connectivity index (χ2n) is 6.48. The third-order valence-electron chi connectivity index (χ3n) is 4.88. The van der Waals surface area contributed by atoms with E-state index in [0.717, 1.165) is 16.7 Å². The molecule has 4 atom stereocenters. The summed E-state index contributed by atoms with van der Waals surface area (Å²) in [4.78, 5) is 23.7. The van der Waals surface area contributed by atoms with Crippen molar-refractivity contribution in [2.45, 2.75) is 57.5 Å². The summed E-state index contributed by atoms with van der Waals surface area (Å²) in [6.45, 7) is 5.19. The first-order valence-electron chi connectivity index (χ1n) is 7.74. The summed E-state index contributed by atoms with van der Waals surface area (Å²) in [5, 5.41) is 0. The number of hydrogen-bond donors (Lipinski definition) is 0. The van der Waals surface area contributed by atoms with Gasteiger partial charge in [0.15, 0.2) is 11.7 Å². The molecule has 0 unspecified atom stereocenters. The van der Waals surface area contributed by atoms with Crippen molar-refractivity contribution in [1.82, 2.24) is 0 Å². The van der Waals surface area contributed by atoms with Gasteiger partial charge in [-0.25, -0.2) is 4.79 Å². The molecule has 1 aliphatic carbocycles. The van der Waals surface area contributed by atoms with Gasteiger partial charge < -0.3 is 18.6 Å². The maximum Gasteiger partial charge on any atom is 0.342 e. The van der Waals surface area contributed by atoms with Gasteiger partial charge in [-0.05, 0) is 43.9 Å². The van der Waals surface area contributed by atoms with Gasteiger partial charge in [-0.1, -0.05) is 0 Å². The molecule has 23 heavy (non-hydrogen) atoms. The summed E-state index contributed by atoms with van der Waals surface area (Å²) in [7, 11) is 0. The number of fused-ring (bicyclic) bond motifs is 2. The number of aryl methyl sites for hydroxylation is 1. The van der Waals surface area contributed by atoms with Crippen molar-refractivity contribution in [1.29, 1.82) is 0 Å². The molecule has 122 valence electrons. The van der Waals surface area contributed by atoms with E-state index in [0.29, 0.717) is 18.6 Å². The van der Waals surface area contributed by atoms with Gasteiger partial charge in [0, 0.05) is 12.5 Å². The Labute approximate surface area is 133 Å². The van der Waals surface area contributed by atoms with Crippen LogP contribution in [0.2, 0.25) is 0 Å². The van der Waals surface area contributed by atoms with Gasteiger partial charge in [0.2, 0.25) is 0 Å². The molecule has 3 heterocycles. The fourth-order valence-electron chi connectivity index (χ4n) is 3.63. The number of hydrogen-bond acceptors (Lipinski definition) is 6. The summed E-state index contributed by atoms with van der Waals surface area (Å²) in [6, 6.07) is 0. The zero-order valence-electron chi connectivity index (χ0n) is 13.3. The molecule has 3 aliphatic rings. The van der Waals surface area contributed by atoms with Crippen LogP contribution in [0.3, 0.4) is 0 Å². The molecule has 1 aromatic heterocycles. The van der Waals surface area contributed by atoms with Crippen LogP contribution in [0.15, 0.2) is 16.3 Å². The lowest BCUT2D eigenvalue weighted by Crippen LogP contribution is -2.26. The molecule has 6 heteroatoms. The van der Waals surface area contributed by atoms with E-state index in [1.54, 1.807) is 6.26 Å². The minimum absolute atomic E-state index is 0.283. The Kier molecular flexibility index (Phi) is 2.97. The highest BCUT2D eigenvalue weighted by atomic mass is 16.7. The number of rotatable bonds is 1. The first kappa shape index (κ1) is 14.5. The van der Waals surface area contributed by atoms with Gasteiger partial charge in [0.1, 0.15) is 18.0 Å². The smallest absolute Gasteiger partial charge is 0.342 e. The Morgan fingerprint density at radius 1 is 1.39 bits per heavy atom. The summed E-state index contributed by atoms with van der Waals surface area (Å²) in [6.07, 6.45) is 3.37. The molecule has 0 spiro atoms. The van der Waals surface area contributed by atoms with E-state index >= 15 is 0 Å². The minimum Gasteiger partial charge on any atom is -0.464 e. The predicted molar refractivity (Wildman–Crippen MR) is 78.3 cm³/mol. The maximum atomic E-state index is 12.3. The molecule has 0 amide bonds. The fourth-order valence-corrected chi connectivity index (χ4v) is 3.63. The highest BCUT2D eigenvalue weighted by Crippen LogP contribution is 2.57. The molecular weight excluding hydrogens is 300 g/mol. The van der Waals surface area contributed by atoms with Gasteiger partial charge in [-0.2, -0.15) is 0 Å². The van der Waals surface area contributed by atoms with Crippen LogP contribution < -0.4 is 0 Å². The van der Waals surface area contributed by atoms with Crippen molar-refractivity contribution in [3.63, 3.8) is 0 Å². The highest BCUT2D eigenvalue weighted by Gasteiger charge is 2.73. The molecule has 0 aromatic carbocycles. The van der Waals surface area contributed by atoms with Crippen LogP contribution in [0.4, 0.5) is 0 Å². The van der Waals surface area contributed by atoms with E-state index < -0.39 is 17.8 Å². The van der Waals surface area contributed by atoms with Crippen LogP contribution >= 0.6 is 0 Å². The summed E-state index contributed by atoms with van der Waals surface area (Å²) >= 11 is 0. The first-order valence-corrected chi connectivity index (χ1v) is 7.74. The normalized spacial score (nSPS) is 37.1. The van der Waals surface area contributed by atoms with E-state index in [9.17, 15) is 9.59 Å². The topological polar surface area (TPSA) is 78.3 Å². The SMILES string of the molecule is CC(=O)O[C@@H]1CC[C@]23O[C@H]2[C@@H](OC3=O)c2c(C)coc2/C=C/1C. The van der Waals surface area contributed by atoms with Crippen LogP contribution in [-0.4, -0.2) is 29.7 Å². The average Bonchev–Trinajstić information content (AvgIpc) is 3.03. The van der Waals surface area contributed by atoms with Gasteiger partial charge in [0.25, 0.3) is 0 Å². The Bertz CT molecular complexity index is 729.